The normalized spacial score (nSPS) is 23.0. The van der Waals surface area contributed by atoms with Gasteiger partial charge in [-0.1, -0.05) is 40.2 Å². The number of amides is 1. The molecule has 4 heteroatoms. The van der Waals surface area contributed by atoms with E-state index in [2.05, 4.69) is 45.5 Å². The van der Waals surface area contributed by atoms with Crippen molar-refractivity contribution in [3.63, 3.8) is 0 Å². The molecule has 1 heterocycles. The highest BCUT2D eigenvalue weighted by Crippen LogP contribution is 2.37. The molecule has 1 aliphatic heterocycles. The Hall–Kier alpha value is -0.480. The molecule has 2 rings (SSSR count). The number of hydrogen-bond acceptors (Lipinski definition) is 2. The minimum absolute atomic E-state index is 0.176. The Morgan fingerprint density at radius 3 is 2.61 bits per heavy atom. The predicted octanol–water partition coefficient (Wildman–Crippen LogP) is 3.48. The first-order valence-corrected chi connectivity index (χ1v) is 8.31. The summed E-state index contributed by atoms with van der Waals surface area (Å²) in [5.41, 5.74) is 2.41. The number of carbonyl (C=O) groups excluding carboxylic acids is 1. The van der Waals surface area contributed by atoms with E-state index in [0.29, 0.717) is 6.54 Å². The molecule has 0 radical (unpaired) electrons. The first-order valence-electron chi connectivity index (χ1n) is 6.20. The second-order valence-corrected chi connectivity index (χ2v) is 6.97. The second-order valence-electron chi connectivity index (χ2n) is 4.82. The second kappa shape index (κ2) is 6.11. The predicted molar refractivity (Wildman–Crippen MR) is 81.0 cm³/mol. The van der Waals surface area contributed by atoms with Crippen LogP contribution in [0.5, 0.6) is 0 Å². The van der Waals surface area contributed by atoms with E-state index in [9.17, 15) is 4.79 Å². The smallest absolute Gasteiger partial charge is 0.236 e. The summed E-state index contributed by atoms with van der Waals surface area (Å²) in [4.78, 5) is 12.1. The number of halogens is 1. The molecule has 1 saturated heterocycles. The van der Waals surface area contributed by atoms with Gasteiger partial charge in [0.25, 0.3) is 0 Å². The number of benzene rings is 1. The van der Waals surface area contributed by atoms with Crippen LogP contribution in [0, 0.1) is 0 Å². The number of hydrogen-bond donors (Lipinski definition) is 1. The van der Waals surface area contributed by atoms with Gasteiger partial charge in [0.2, 0.25) is 5.91 Å². The van der Waals surface area contributed by atoms with Crippen LogP contribution in [-0.2, 0) is 16.7 Å². The summed E-state index contributed by atoms with van der Waals surface area (Å²) in [6, 6.07) is 8.31. The van der Waals surface area contributed by atoms with Gasteiger partial charge in [-0.3, -0.25) is 4.79 Å². The van der Waals surface area contributed by atoms with Crippen LogP contribution in [0.3, 0.4) is 0 Å². The summed E-state index contributed by atoms with van der Waals surface area (Å²) in [5, 5.41) is 3.92. The minimum atomic E-state index is -0.213. The third-order valence-corrected chi connectivity index (χ3v) is 5.50. The van der Waals surface area contributed by atoms with Crippen molar-refractivity contribution in [3.8, 4) is 0 Å². The van der Waals surface area contributed by atoms with Crippen LogP contribution in [0.1, 0.15) is 30.9 Å². The van der Waals surface area contributed by atoms with Gasteiger partial charge in [0, 0.05) is 11.9 Å². The van der Waals surface area contributed by atoms with Crippen molar-refractivity contribution in [1.82, 2.24) is 5.32 Å². The van der Waals surface area contributed by atoms with E-state index in [-0.39, 0.29) is 10.7 Å². The van der Waals surface area contributed by atoms with E-state index in [1.54, 1.807) is 11.8 Å². The molecule has 0 aliphatic carbocycles. The monoisotopic (exact) mass is 327 g/mol. The van der Waals surface area contributed by atoms with E-state index in [0.717, 1.165) is 29.5 Å². The molecule has 2 nitrogen and oxygen atoms in total. The molecule has 1 unspecified atom stereocenters. The van der Waals surface area contributed by atoms with Gasteiger partial charge in [-0.2, -0.15) is 0 Å². The van der Waals surface area contributed by atoms with Crippen molar-refractivity contribution >= 4 is 33.6 Å². The van der Waals surface area contributed by atoms with E-state index in [1.807, 2.05) is 6.92 Å². The Bertz CT molecular complexity index is 412. The molecule has 0 spiro atoms. The van der Waals surface area contributed by atoms with Crippen molar-refractivity contribution < 1.29 is 4.79 Å². The fourth-order valence-corrected chi connectivity index (χ4v) is 3.68. The van der Waals surface area contributed by atoms with Crippen LogP contribution in [0.25, 0.3) is 0 Å². The summed E-state index contributed by atoms with van der Waals surface area (Å²) < 4.78 is -0.213. The fraction of sp³-hybridized carbons (Fsp3) is 0.500. The molecule has 1 aliphatic rings. The van der Waals surface area contributed by atoms with Gasteiger partial charge in [0.05, 0.1) is 4.75 Å². The zero-order valence-electron chi connectivity index (χ0n) is 10.5. The number of carbonyl (C=O) groups is 1. The first-order chi connectivity index (χ1) is 8.64. The maximum Gasteiger partial charge on any atom is 0.236 e. The van der Waals surface area contributed by atoms with Gasteiger partial charge in [-0.15, -0.1) is 11.8 Å². The summed E-state index contributed by atoms with van der Waals surface area (Å²) in [6.07, 6.45) is 2.14. The third kappa shape index (κ3) is 3.29. The van der Waals surface area contributed by atoms with Gasteiger partial charge in [-0.25, -0.2) is 0 Å². The van der Waals surface area contributed by atoms with Crippen LogP contribution in [0.2, 0.25) is 0 Å². The molecule has 1 N–H and O–H groups in total. The Morgan fingerprint density at radius 2 is 2.06 bits per heavy atom. The maximum absolute atomic E-state index is 12.1. The topological polar surface area (TPSA) is 29.1 Å². The molecule has 1 fully saturated rings. The standard InChI is InChI=1S/C14H18BrNOS/c1-14(7-2-8-18-14)13(17)16-10-12-5-3-11(9-15)4-6-12/h3-6H,2,7-10H2,1H3,(H,16,17). The quantitative estimate of drug-likeness (QED) is 0.858. The first kappa shape index (κ1) is 13.9. The van der Waals surface area contributed by atoms with Crippen LogP contribution >= 0.6 is 27.7 Å². The van der Waals surface area contributed by atoms with Crippen molar-refractivity contribution in [1.29, 1.82) is 0 Å². The average Bonchev–Trinajstić information content (AvgIpc) is 2.85. The summed E-state index contributed by atoms with van der Waals surface area (Å²) in [5.74, 6) is 1.28. The van der Waals surface area contributed by atoms with Crippen LogP contribution in [0.4, 0.5) is 0 Å². The molecule has 0 bridgehead atoms. The van der Waals surface area contributed by atoms with Crippen LogP contribution < -0.4 is 5.32 Å². The summed E-state index contributed by atoms with van der Waals surface area (Å²) in [6.45, 7) is 2.67. The number of alkyl halides is 1. The molecule has 18 heavy (non-hydrogen) atoms. The van der Waals surface area contributed by atoms with Crippen molar-refractivity contribution in [3.05, 3.63) is 35.4 Å². The van der Waals surface area contributed by atoms with Crippen molar-refractivity contribution in [2.24, 2.45) is 0 Å². The molecule has 1 aromatic carbocycles. The molecular formula is C14H18BrNOS. The molecule has 1 atom stereocenters. The van der Waals surface area contributed by atoms with Gasteiger partial charge in [0.15, 0.2) is 0 Å². The van der Waals surface area contributed by atoms with Gasteiger partial charge in [-0.05, 0) is 36.6 Å². The van der Waals surface area contributed by atoms with Gasteiger partial charge in [0.1, 0.15) is 0 Å². The fourth-order valence-electron chi connectivity index (χ4n) is 2.07. The summed E-state index contributed by atoms with van der Waals surface area (Å²) in [7, 11) is 0. The van der Waals surface area contributed by atoms with E-state index < -0.39 is 0 Å². The minimum Gasteiger partial charge on any atom is -0.351 e. The lowest BCUT2D eigenvalue weighted by Crippen LogP contribution is -2.39. The Balaban J connectivity index is 1.88. The van der Waals surface area contributed by atoms with Crippen LogP contribution in [-0.4, -0.2) is 16.4 Å². The van der Waals surface area contributed by atoms with E-state index >= 15 is 0 Å². The lowest BCUT2D eigenvalue weighted by atomic mass is 10.0. The van der Waals surface area contributed by atoms with E-state index in [4.69, 9.17) is 0 Å². The molecule has 98 valence electrons. The Morgan fingerprint density at radius 1 is 1.39 bits per heavy atom. The Kier molecular flexibility index (Phi) is 4.73. The van der Waals surface area contributed by atoms with Gasteiger partial charge < -0.3 is 5.32 Å². The van der Waals surface area contributed by atoms with Crippen molar-refractivity contribution in [2.75, 3.05) is 5.75 Å². The van der Waals surface area contributed by atoms with Gasteiger partial charge >= 0.3 is 0 Å². The zero-order chi connectivity index (χ0) is 13.0. The maximum atomic E-state index is 12.1. The third-order valence-electron chi connectivity index (χ3n) is 3.33. The van der Waals surface area contributed by atoms with E-state index in [1.165, 1.54) is 5.56 Å². The Labute approximate surface area is 121 Å². The summed E-state index contributed by atoms with van der Waals surface area (Å²) >= 11 is 5.20. The highest BCUT2D eigenvalue weighted by Gasteiger charge is 2.36. The molecule has 1 aromatic rings. The lowest BCUT2D eigenvalue weighted by Gasteiger charge is -2.21. The molecule has 0 aromatic heterocycles. The number of nitrogens with one attached hydrogen (secondary N) is 1. The number of rotatable bonds is 4. The van der Waals surface area contributed by atoms with Crippen molar-refractivity contribution in [2.45, 2.75) is 36.4 Å². The SMILES string of the molecule is CC1(C(=O)NCc2ccc(CBr)cc2)CCCS1. The number of thioether (sulfide) groups is 1. The molecular weight excluding hydrogens is 310 g/mol. The highest BCUT2D eigenvalue weighted by molar-refractivity contribution is 9.08. The average molecular weight is 328 g/mol. The largest absolute Gasteiger partial charge is 0.351 e. The molecule has 1 amide bonds. The zero-order valence-corrected chi connectivity index (χ0v) is 12.9. The molecule has 0 saturated carbocycles. The highest BCUT2D eigenvalue weighted by atomic mass is 79.9. The lowest BCUT2D eigenvalue weighted by molar-refractivity contribution is -0.123. The van der Waals surface area contributed by atoms with Crippen LogP contribution in [0.15, 0.2) is 24.3 Å².